The molecule has 78 valence electrons. The van der Waals surface area contributed by atoms with Crippen LogP contribution < -0.4 is 5.32 Å². The number of hydrogen-bond acceptors (Lipinski definition) is 2. The van der Waals surface area contributed by atoms with Gasteiger partial charge in [-0.3, -0.25) is 0 Å². The lowest BCUT2D eigenvalue weighted by atomic mass is 9.95. The summed E-state index contributed by atoms with van der Waals surface area (Å²) >= 11 is 0. The molecule has 1 rings (SSSR count). The molecule has 1 saturated heterocycles. The first kappa shape index (κ1) is 11.0. The zero-order chi connectivity index (χ0) is 9.73. The second-order valence-electron chi connectivity index (χ2n) is 4.72. The normalized spacial score (nSPS) is 18.7. The molecule has 0 aromatic rings. The fraction of sp³-hybridized carbons (Fsp3) is 1.00. The maximum Gasteiger partial charge on any atom is 0.0643 e. The van der Waals surface area contributed by atoms with Gasteiger partial charge in [0.25, 0.3) is 0 Å². The first-order valence-electron chi connectivity index (χ1n) is 5.49. The summed E-state index contributed by atoms with van der Waals surface area (Å²) in [6, 6.07) is 0.608. The SMILES string of the molecule is CCCCCC(C)(C)NC1COC1. The molecule has 0 bridgehead atoms. The lowest BCUT2D eigenvalue weighted by Gasteiger charge is -2.36. The van der Waals surface area contributed by atoms with Crippen LogP contribution in [0.3, 0.4) is 0 Å². The van der Waals surface area contributed by atoms with Gasteiger partial charge in [-0.2, -0.15) is 0 Å². The van der Waals surface area contributed by atoms with E-state index in [0.29, 0.717) is 11.6 Å². The third-order valence-electron chi connectivity index (χ3n) is 2.64. The van der Waals surface area contributed by atoms with Crippen molar-refractivity contribution in [2.45, 2.75) is 58.0 Å². The maximum atomic E-state index is 5.14. The van der Waals surface area contributed by atoms with Crippen LogP contribution >= 0.6 is 0 Å². The van der Waals surface area contributed by atoms with Crippen LogP contribution in [0.2, 0.25) is 0 Å². The summed E-state index contributed by atoms with van der Waals surface area (Å²) < 4.78 is 5.14. The zero-order valence-electron chi connectivity index (χ0n) is 9.23. The third-order valence-corrected chi connectivity index (χ3v) is 2.64. The molecule has 1 fully saturated rings. The Morgan fingerprint density at radius 3 is 2.46 bits per heavy atom. The Hall–Kier alpha value is -0.0800. The van der Waals surface area contributed by atoms with Crippen molar-refractivity contribution >= 4 is 0 Å². The molecule has 13 heavy (non-hydrogen) atoms. The summed E-state index contributed by atoms with van der Waals surface area (Å²) in [6.45, 7) is 8.64. The number of nitrogens with one attached hydrogen (secondary N) is 1. The van der Waals surface area contributed by atoms with Crippen molar-refractivity contribution in [2.24, 2.45) is 0 Å². The van der Waals surface area contributed by atoms with Gasteiger partial charge < -0.3 is 10.1 Å². The molecule has 0 saturated carbocycles. The van der Waals surface area contributed by atoms with Crippen molar-refractivity contribution in [3.8, 4) is 0 Å². The Morgan fingerprint density at radius 1 is 1.31 bits per heavy atom. The van der Waals surface area contributed by atoms with E-state index in [4.69, 9.17) is 4.74 Å². The summed E-state index contributed by atoms with van der Waals surface area (Å²) in [5, 5.41) is 3.63. The summed E-state index contributed by atoms with van der Waals surface area (Å²) in [4.78, 5) is 0. The van der Waals surface area contributed by atoms with E-state index in [1.54, 1.807) is 0 Å². The average molecular weight is 185 g/mol. The molecule has 0 spiro atoms. The molecule has 0 amide bonds. The Kier molecular flexibility index (Phi) is 4.20. The van der Waals surface area contributed by atoms with Crippen LogP contribution in [0.25, 0.3) is 0 Å². The fourth-order valence-corrected chi connectivity index (χ4v) is 1.76. The first-order valence-corrected chi connectivity index (χ1v) is 5.49. The van der Waals surface area contributed by atoms with E-state index < -0.39 is 0 Å². The van der Waals surface area contributed by atoms with Crippen molar-refractivity contribution in [2.75, 3.05) is 13.2 Å². The molecule has 0 aliphatic carbocycles. The van der Waals surface area contributed by atoms with Gasteiger partial charge in [0, 0.05) is 5.54 Å². The van der Waals surface area contributed by atoms with E-state index in [9.17, 15) is 0 Å². The van der Waals surface area contributed by atoms with Gasteiger partial charge in [0.05, 0.1) is 19.3 Å². The van der Waals surface area contributed by atoms with Crippen LogP contribution in [-0.4, -0.2) is 24.8 Å². The van der Waals surface area contributed by atoms with Crippen LogP contribution in [0.1, 0.15) is 46.5 Å². The molecule has 2 nitrogen and oxygen atoms in total. The number of ether oxygens (including phenoxy) is 1. The van der Waals surface area contributed by atoms with Crippen LogP contribution in [0.4, 0.5) is 0 Å². The van der Waals surface area contributed by atoms with Gasteiger partial charge in [-0.1, -0.05) is 26.2 Å². The van der Waals surface area contributed by atoms with E-state index in [-0.39, 0.29) is 0 Å². The van der Waals surface area contributed by atoms with E-state index >= 15 is 0 Å². The Morgan fingerprint density at radius 2 is 2.00 bits per heavy atom. The van der Waals surface area contributed by atoms with Gasteiger partial charge in [0.1, 0.15) is 0 Å². The second kappa shape index (κ2) is 4.97. The molecule has 0 unspecified atom stereocenters. The molecule has 1 heterocycles. The lowest BCUT2D eigenvalue weighted by Crippen LogP contribution is -2.54. The quantitative estimate of drug-likeness (QED) is 0.641. The van der Waals surface area contributed by atoms with E-state index in [1.165, 1.54) is 25.7 Å². The Labute approximate surface area is 82.0 Å². The fourth-order valence-electron chi connectivity index (χ4n) is 1.76. The van der Waals surface area contributed by atoms with Crippen molar-refractivity contribution in [3.05, 3.63) is 0 Å². The van der Waals surface area contributed by atoms with Gasteiger partial charge in [-0.15, -0.1) is 0 Å². The predicted octanol–water partition coefficient (Wildman–Crippen LogP) is 2.33. The van der Waals surface area contributed by atoms with Crippen molar-refractivity contribution in [3.63, 3.8) is 0 Å². The van der Waals surface area contributed by atoms with Gasteiger partial charge >= 0.3 is 0 Å². The predicted molar refractivity (Wildman–Crippen MR) is 56.0 cm³/mol. The Bertz CT molecular complexity index is 141. The highest BCUT2D eigenvalue weighted by Gasteiger charge is 2.26. The molecule has 2 heteroatoms. The number of hydrogen-bond donors (Lipinski definition) is 1. The van der Waals surface area contributed by atoms with Gasteiger partial charge in [-0.05, 0) is 20.3 Å². The largest absolute Gasteiger partial charge is 0.378 e. The van der Waals surface area contributed by atoms with E-state index in [2.05, 4.69) is 26.1 Å². The summed E-state index contributed by atoms with van der Waals surface area (Å²) in [6.07, 6.45) is 5.27. The molecule has 1 aliphatic rings. The van der Waals surface area contributed by atoms with Gasteiger partial charge in [0.15, 0.2) is 0 Å². The number of rotatable bonds is 6. The Balaban J connectivity index is 2.11. The molecule has 0 aromatic heterocycles. The molecule has 0 atom stereocenters. The van der Waals surface area contributed by atoms with Crippen LogP contribution in [0.5, 0.6) is 0 Å². The topological polar surface area (TPSA) is 21.3 Å². The maximum absolute atomic E-state index is 5.14. The van der Waals surface area contributed by atoms with Gasteiger partial charge in [0.2, 0.25) is 0 Å². The van der Waals surface area contributed by atoms with Crippen LogP contribution in [0, 0.1) is 0 Å². The van der Waals surface area contributed by atoms with E-state index in [1.807, 2.05) is 0 Å². The van der Waals surface area contributed by atoms with Crippen molar-refractivity contribution in [1.82, 2.24) is 5.32 Å². The third kappa shape index (κ3) is 4.10. The smallest absolute Gasteiger partial charge is 0.0643 e. The molecule has 0 aromatic carbocycles. The van der Waals surface area contributed by atoms with Crippen LogP contribution in [-0.2, 0) is 4.74 Å². The second-order valence-corrected chi connectivity index (χ2v) is 4.72. The minimum atomic E-state index is 0.295. The monoisotopic (exact) mass is 185 g/mol. The minimum absolute atomic E-state index is 0.295. The highest BCUT2D eigenvalue weighted by Crippen LogP contribution is 2.16. The minimum Gasteiger partial charge on any atom is -0.378 e. The zero-order valence-corrected chi connectivity index (χ0v) is 9.23. The summed E-state index contributed by atoms with van der Waals surface area (Å²) in [7, 11) is 0. The van der Waals surface area contributed by atoms with Crippen molar-refractivity contribution < 1.29 is 4.74 Å². The average Bonchev–Trinajstić information content (AvgIpc) is 1.98. The van der Waals surface area contributed by atoms with Crippen LogP contribution in [0.15, 0.2) is 0 Å². The molecular formula is C11H23NO. The van der Waals surface area contributed by atoms with Gasteiger partial charge in [-0.25, -0.2) is 0 Å². The molecule has 1 aliphatic heterocycles. The molecule has 1 N–H and O–H groups in total. The summed E-state index contributed by atoms with van der Waals surface area (Å²) in [5.41, 5.74) is 0.295. The summed E-state index contributed by atoms with van der Waals surface area (Å²) in [5.74, 6) is 0. The van der Waals surface area contributed by atoms with Crippen molar-refractivity contribution in [1.29, 1.82) is 0 Å². The highest BCUT2D eigenvalue weighted by atomic mass is 16.5. The first-order chi connectivity index (χ1) is 6.14. The highest BCUT2D eigenvalue weighted by molar-refractivity contribution is 4.85. The molecular weight excluding hydrogens is 162 g/mol. The number of unbranched alkanes of at least 4 members (excludes halogenated alkanes) is 2. The molecule has 0 radical (unpaired) electrons. The lowest BCUT2D eigenvalue weighted by molar-refractivity contribution is -0.0174. The van der Waals surface area contributed by atoms with E-state index in [0.717, 1.165) is 13.2 Å². The standard InChI is InChI=1S/C11H23NO/c1-4-5-6-7-11(2,3)12-10-8-13-9-10/h10,12H,4-9H2,1-3H3.